The van der Waals surface area contributed by atoms with Gasteiger partial charge in [0.15, 0.2) is 0 Å². The molecule has 1 aromatic heterocycles. The van der Waals surface area contributed by atoms with E-state index in [0.29, 0.717) is 11.8 Å². The quantitative estimate of drug-likeness (QED) is 0.860. The number of aromatic nitrogens is 2. The summed E-state index contributed by atoms with van der Waals surface area (Å²) >= 11 is 0. The number of nitrogens with zero attached hydrogens (tertiary/aromatic N) is 4. The van der Waals surface area contributed by atoms with E-state index in [-0.39, 0.29) is 0 Å². The monoisotopic (exact) mass is 300 g/mol. The van der Waals surface area contributed by atoms with Crippen molar-refractivity contribution in [3.8, 4) is 17.1 Å². The molecular weight excluding hydrogens is 280 g/mol. The van der Waals surface area contributed by atoms with E-state index in [0.717, 1.165) is 49.3 Å². The summed E-state index contributed by atoms with van der Waals surface area (Å²) in [6.45, 7) is 4.35. The van der Waals surface area contributed by atoms with Crippen molar-refractivity contribution in [1.82, 2.24) is 15.0 Å². The Hall–Kier alpha value is -2.08. The summed E-state index contributed by atoms with van der Waals surface area (Å²) in [6.07, 6.45) is 0. The van der Waals surface area contributed by atoms with Gasteiger partial charge in [0.05, 0.1) is 7.11 Å². The van der Waals surface area contributed by atoms with E-state index in [1.54, 1.807) is 7.11 Å². The number of likely N-dealkylation sites (tertiary alicyclic amines) is 1. The van der Waals surface area contributed by atoms with Gasteiger partial charge in [-0.1, -0.05) is 17.3 Å². The van der Waals surface area contributed by atoms with E-state index in [1.165, 1.54) is 0 Å². The number of rotatable bonds is 3. The third-order valence-electron chi connectivity index (χ3n) is 4.68. The van der Waals surface area contributed by atoms with Gasteiger partial charge in [-0.15, -0.1) is 0 Å². The fraction of sp³-hybridized carbons (Fsp3) is 0.500. The van der Waals surface area contributed by atoms with Gasteiger partial charge in [-0.05, 0) is 31.0 Å². The zero-order valence-electron chi connectivity index (χ0n) is 12.9. The predicted octanol–water partition coefficient (Wildman–Crippen LogP) is 1.74. The molecule has 0 radical (unpaired) electrons. The first kappa shape index (κ1) is 13.6. The highest BCUT2D eigenvalue weighted by Crippen LogP contribution is 2.33. The fourth-order valence-corrected chi connectivity index (χ4v) is 3.61. The summed E-state index contributed by atoms with van der Waals surface area (Å²) in [5.41, 5.74) is 0.911. The van der Waals surface area contributed by atoms with Crippen molar-refractivity contribution in [2.75, 3.05) is 45.2 Å². The van der Waals surface area contributed by atoms with Crippen LogP contribution in [0.5, 0.6) is 5.75 Å². The zero-order valence-corrected chi connectivity index (χ0v) is 12.9. The van der Waals surface area contributed by atoms with Gasteiger partial charge >= 0.3 is 6.01 Å². The molecule has 6 nitrogen and oxygen atoms in total. The molecule has 0 N–H and O–H groups in total. The maximum absolute atomic E-state index is 5.48. The molecule has 3 heterocycles. The van der Waals surface area contributed by atoms with E-state index in [9.17, 15) is 0 Å². The topological polar surface area (TPSA) is 54.6 Å². The summed E-state index contributed by atoms with van der Waals surface area (Å²) in [5.74, 6) is 2.85. The molecule has 0 spiro atoms. The largest absolute Gasteiger partial charge is 0.497 e. The zero-order chi connectivity index (χ0) is 15.1. The summed E-state index contributed by atoms with van der Waals surface area (Å²) in [7, 11) is 3.84. The molecule has 2 aliphatic heterocycles. The third-order valence-corrected chi connectivity index (χ3v) is 4.68. The van der Waals surface area contributed by atoms with Gasteiger partial charge in [-0.25, -0.2) is 0 Å². The summed E-state index contributed by atoms with van der Waals surface area (Å²) < 4.78 is 10.7. The van der Waals surface area contributed by atoms with Crippen LogP contribution in [0.2, 0.25) is 0 Å². The lowest BCUT2D eigenvalue weighted by atomic mass is 10.0. The fourth-order valence-electron chi connectivity index (χ4n) is 3.61. The van der Waals surface area contributed by atoms with Gasteiger partial charge in [-0.2, -0.15) is 4.98 Å². The highest BCUT2D eigenvalue weighted by atomic mass is 16.5. The molecule has 2 saturated heterocycles. The Morgan fingerprint density at radius 1 is 1.18 bits per heavy atom. The molecule has 2 atom stereocenters. The van der Waals surface area contributed by atoms with Crippen LogP contribution < -0.4 is 9.64 Å². The summed E-state index contributed by atoms with van der Waals surface area (Å²) in [4.78, 5) is 9.19. The number of ether oxygens (including phenoxy) is 1. The first-order valence-corrected chi connectivity index (χ1v) is 7.64. The number of hydrogen-bond acceptors (Lipinski definition) is 6. The molecule has 4 rings (SSSR count). The molecule has 0 bridgehead atoms. The maximum Gasteiger partial charge on any atom is 0.324 e. The molecular formula is C16H20N4O2. The minimum absolute atomic E-state index is 0.614. The molecule has 1 aromatic carbocycles. The normalized spacial score (nSPS) is 24.7. The molecule has 2 aromatic rings. The van der Waals surface area contributed by atoms with E-state index >= 15 is 0 Å². The van der Waals surface area contributed by atoms with Crippen LogP contribution in [-0.2, 0) is 0 Å². The minimum atomic E-state index is 0.614. The van der Waals surface area contributed by atoms with Crippen LogP contribution in [0.15, 0.2) is 28.8 Å². The van der Waals surface area contributed by atoms with Gasteiger partial charge < -0.3 is 19.1 Å². The third kappa shape index (κ3) is 2.33. The standard InChI is InChI=1S/C16H20N4O2/c1-19-7-12-9-20(10-13(12)8-19)16-17-15(18-22-16)11-4-3-5-14(6-11)21-2/h3-6,12-13H,7-10H2,1-2H3/t12-,13+. The smallest absolute Gasteiger partial charge is 0.324 e. The highest BCUT2D eigenvalue weighted by molar-refractivity contribution is 5.58. The SMILES string of the molecule is COc1cccc(-c2noc(N3C[C@H]4CN(C)C[C@H]4C3)n2)c1. The molecule has 2 fully saturated rings. The molecule has 116 valence electrons. The second-order valence-electron chi connectivity index (χ2n) is 6.28. The molecule has 0 amide bonds. The highest BCUT2D eigenvalue weighted by Gasteiger charge is 2.40. The van der Waals surface area contributed by atoms with Crippen molar-refractivity contribution in [3.05, 3.63) is 24.3 Å². The van der Waals surface area contributed by atoms with Crippen LogP contribution in [0, 0.1) is 11.8 Å². The molecule has 6 heteroatoms. The lowest BCUT2D eigenvalue weighted by Crippen LogP contribution is -2.26. The van der Waals surface area contributed by atoms with Crippen molar-refractivity contribution in [2.24, 2.45) is 11.8 Å². The molecule has 0 saturated carbocycles. The van der Waals surface area contributed by atoms with Crippen LogP contribution in [-0.4, -0.2) is 55.4 Å². The molecule has 0 unspecified atom stereocenters. The van der Waals surface area contributed by atoms with Crippen LogP contribution in [0.25, 0.3) is 11.4 Å². The lowest BCUT2D eigenvalue weighted by molar-refractivity contribution is 0.377. The summed E-state index contributed by atoms with van der Waals surface area (Å²) in [5, 5.41) is 4.12. The van der Waals surface area contributed by atoms with E-state index < -0.39 is 0 Å². The predicted molar refractivity (Wildman–Crippen MR) is 83.0 cm³/mol. The van der Waals surface area contributed by atoms with Crippen LogP contribution in [0.1, 0.15) is 0 Å². The minimum Gasteiger partial charge on any atom is -0.497 e. The van der Waals surface area contributed by atoms with Gasteiger partial charge in [0.2, 0.25) is 5.82 Å². The first-order valence-electron chi connectivity index (χ1n) is 7.64. The number of fused-ring (bicyclic) bond motifs is 1. The number of methoxy groups -OCH3 is 1. The molecule has 0 aliphatic carbocycles. The van der Waals surface area contributed by atoms with Crippen molar-refractivity contribution in [1.29, 1.82) is 0 Å². The Balaban J connectivity index is 1.52. The number of hydrogen-bond donors (Lipinski definition) is 0. The van der Waals surface area contributed by atoms with Gasteiger partial charge in [0, 0.05) is 31.7 Å². The Bertz CT molecular complexity index is 658. The van der Waals surface area contributed by atoms with Crippen LogP contribution in [0.4, 0.5) is 6.01 Å². The lowest BCUT2D eigenvalue weighted by Gasteiger charge is -2.16. The van der Waals surface area contributed by atoms with Crippen molar-refractivity contribution in [2.45, 2.75) is 0 Å². The van der Waals surface area contributed by atoms with Gasteiger partial charge in [-0.3, -0.25) is 0 Å². The van der Waals surface area contributed by atoms with E-state index in [2.05, 4.69) is 27.0 Å². The van der Waals surface area contributed by atoms with E-state index in [1.807, 2.05) is 24.3 Å². The van der Waals surface area contributed by atoms with Crippen LogP contribution in [0.3, 0.4) is 0 Å². The number of anilines is 1. The Morgan fingerprint density at radius 3 is 2.68 bits per heavy atom. The van der Waals surface area contributed by atoms with E-state index in [4.69, 9.17) is 9.26 Å². The van der Waals surface area contributed by atoms with Crippen LogP contribution >= 0.6 is 0 Å². The molecule has 22 heavy (non-hydrogen) atoms. The maximum atomic E-state index is 5.48. The number of benzene rings is 1. The van der Waals surface area contributed by atoms with Crippen molar-refractivity contribution >= 4 is 6.01 Å². The van der Waals surface area contributed by atoms with Crippen molar-refractivity contribution in [3.63, 3.8) is 0 Å². The second-order valence-corrected chi connectivity index (χ2v) is 6.28. The van der Waals surface area contributed by atoms with Gasteiger partial charge in [0.25, 0.3) is 0 Å². The Labute approximate surface area is 129 Å². The first-order chi connectivity index (χ1) is 10.7. The van der Waals surface area contributed by atoms with Gasteiger partial charge in [0.1, 0.15) is 5.75 Å². The average molecular weight is 300 g/mol. The summed E-state index contributed by atoms with van der Waals surface area (Å²) in [6, 6.07) is 8.35. The molecule has 2 aliphatic rings. The Kier molecular flexibility index (Phi) is 3.26. The Morgan fingerprint density at radius 2 is 1.95 bits per heavy atom. The van der Waals surface area contributed by atoms with Crippen molar-refractivity contribution < 1.29 is 9.26 Å². The average Bonchev–Trinajstić information content (AvgIpc) is 3.20. The second kappa shape index (κ2) is 5.28.